The molecule has 32 heavy (non-hydrogen) atoms. The smallest absolute Gasteiger partial charge is 0.298 e. The Morgan fingerprint density at radius 1 is 1.25 bits per heavy atom. The number of rotatable bonds is 8. The lowest BCUT2D eigenvalue weighted by atomic mass is 9.80. The van der Waals surface area contributed by atoms with Gasteiger partial charge in [0.15, 0.2) is 0 Å². The van der Waals surface area contributed by atoms with Gasteiger partial charge in [0.25, 0.3) is 11.8 Å². The van der Waals surface area contributed by atoms with Crippen LogP contribution >= 0.6 is 0 Å². The fourth-order valence-corrected chi connectivity index (χ4v) is 4.14. The van der Waals surface area contributed by atoms with Crippen LogP contribution in [0.15, 0.2) is 24.3 Å². The Morgan fingerprint density at radius 3 is 2.50 bits per heavy atom. The molecule has 2 amide bonds. The summed E-state index contributed by atoms with van der Waals surface area (Å²) in [6, 6.07) is 7.57. The number of amides is 2. The van der Waals surface area contributed by atoms with Crippen molar-refractivity contribution in [2.75, 3.05) is 18.8 Å². The van der Waals surface area contributed by atoms with Gasteiger partial charge in [0.1, 0.15) is 22.8 Å². The summed E-state index contributed by atoms with van der Waals surface area (Å²) in [7, 11) is 0. The zero-order valence-corrected chi connectivity index (χ0v) is 18.5. The molecule has 8 heteroatoms. The third kappa shape index (κ3) is 4.42. The number of ether oxygens (including phenoxy) is 1. The maximum absolute atomic E-state index is 12.2. The first kappa shape index (κ1) is 21.8. The predicted octanol–water partition coefficient (Wildman–Crippen LogP) is 2.60. The van der Waals surface area contributed by atoms with Gasteiger partial charge in [-0.3, -0.25) is 9.59 Å². The van der Waals surface area contributed by atoms with Crippen molar-refractivity contribution in [1.29, 1.82) is 0 Å². The van der Waals surface area contributed by atoms with E-state index in [0.717, 1.165) is 37.0 Å². The largest absolute Gasteiger partial charge is 0.490 e. The van der Waals surface area contributed by atoms with E-state index in [4.69, 9.17) is 16.2 Å². The van der Waals surface area contributed by atoms with Gasteiger partial charge >= 0.3 is 0 Å². The summed E-state index contributed by atoms with van der Waals surface area (Å²) in [6.45, 7) is 4.88. The topological polar surface area (TPSA) is 116 Å². The van der Waals surface area contributed by atoms with Crippen molar-refractivity contribution in [2.24, 2.45) is 11.7 Å². The van der Waals surface area contributed by atoms with Gasteiger partial charge in [-0.15, -0.1) is 0 Å². The minimum Gasteiger partial charge on any atom is -0.490 e. The number of nitrogens with two attached hydrogens (primary N) is 2. The highest BCUT2D eigenvalue weighted by molar-refractivity contribution is 6.03. The highest BCUT2D eigenvalue weighted by Gasteiger charge is 2.36. The average molecular weight is 436 g/mol. The van der Waals surface area contributed by atoms with Crippen LogP contribution in [0.5, 0.6) is 5.75 Å². The zero-order valence-electron chi connectivity index (χ0n) is 18.5. The molecule has 0 radical (unpaired) electrons. The molecule has 0 unspecified atom stereocenters. The number of primary amides is 1. The Hall–Kier alpha value is -3.47. The number of aromatic nitrogens is 2. The first-order valence-corrected chi connectivity index (χ1v) is 11.1. The Bertz CT molecular complexity index is 1070. The SMILES string of the molecule is CC#CC(=O)N(CC)CC1CC(n2nc(-c3ccc(OC4CC4)cc3)c(C(N)=O)c2N)C1. The second kappa shape index (κ2) is 8.95. The Kier molecular flexibility index (Phi) is 6.08. The normalized spacial score (nSPS) is 19.4. The number of hydrogen-bond donors (Lipinski definition) is 2. The van der Waals surface area contributed by atoms with Crippen molar-refractivity contribution >= 4 is 17.6 Å². The van der Waals surface area contributed by atoms with Gasteiger partial charge in [-0.2, -0.15) is 5.10 Å². The van der Waals surface area contributed by atoms with E-state index in [1.807, 2.05) is 31.2 Å². The van der Waals surface area contributed by atoms with Crippen LogP contribution in [0.2, 0.25) is 0 Å². The zero-order chi connectivity index (χ0) is 22.8. The van der Waals surface area contributed by atoms with E-state index >= 15 is 0 Å². The molecular weight excluding hydrogens is 406 g/mol. The predicted molar refractivity (Wildman–Crippen MR) is 122 cm³/mol. The minimum absolute atomic E-state index is 0.0652. The number of nitrogens with zero attached hydrogens (tertiary/aromatic N) is 3. The molecule has 0 bridgehead atoms. The fraction of sp³-hybridized carbons (Fsp3) is 0.458. The first-order chi connectivity index (χ1) is 15.4. The molecule has 4 N–H and O–H groups in total. The molecule has 8 nitrogen and oxygen atoms in total. The van der Waals surface area contributed by atoms with Gasteiger partial charge in [0.05, 0.1) is 12.1 Å². The molecule has 0 spiro atoms. The fourth-order valence-electron chi connectivity index (χ4n) is 4.14. The van der Waals surface area contributed by atoms with E-state index in [-0.39, 0.29) is 23.3 Å². The van der Waals surface area contributed by atoms with Crippen LogP contribution in [0, 0.1) is 17.8 Å². The maximum Gasteiger partial charge on any atom is 0.298 e. The lowest BCUT2D eigenvalue weighted by Gasteiger charge is -2.38. The number of hydrogen-bond acceptors (Lipinski definition) is 5. The summed E-state index contributed by atoms with van der Waals surface area (Å²) < 4.78 is 7.51. The molecule has 0 aliphatic heterocycles. The Labute approximate surface area is 187 Å². The summed E-state index contributed by atoms with van der Waals surface area (Å²) in [5.41, 5.74) is 13.5. The van der Waals surface area contributed by atoms with E-state index in [1.165, 1.54) is 0 Å². The standard InChI is InChI=1S/C24H29N5O3/c1-3-5-20(30)28(4-2)14-15-12-17(13-15)29-23(25)21(24(26)31)22(27-29)16-6-8-18(9-7-16)32-19-10-11-19/h6-9,15,17,19H,4,10-14,25H2,1-2H3,(H2,26,31). The number of anilines is 1. The lowest BCUT2D eigenvalue weighted by Crippen LogP contribution is -2.40. The average Bonchev–Trinajstić information content (AvgIpc) is 3.48. The summed E-state index contributed by atoms with van der Waals surface area (Å²) in [4.78, 5) is 26.0. The second-order valence-electron chi connectivity index (χ2n) is 8.47. The van der Waals surface area contributed by atoms with Crippen molar-refractivity contribution in [1.82, 2.24) is 14.7 Å². The molecule has 2 aliphatic rings. The van der Waals surface area contributed by atoms with Gasteiger partial charge in [-0.05, 0) is 75.6 Å². The molecule has 2 fully saturated rings. The summed E-state index contributed by atoms with van der Waals surface area (Å²) in [5, 5.41) is 4.67. The quantitative estimate of drug-likeness (QED) is 0.618. The molecule has 0 atom stereocenters. The molecule has 2 aliphatic carbocycles. The Balaban J connectivity index is 1.49. The third-order valence-corrected chi connectivity index (χ3v) is 6.08. The molecule has 1 heterocycles. The van der Waals surface area contributed by atoms with Crippen LogP contribution in [-0.4, -0.2) is 45.7 Å². The molecule has 4 rings (SSSR count). The van der Waals surface area contributed by atoms with E-state index in [9.17, 15) is 9.59 Å². The van der Waals surface area contributed by atoms with Crippen molar-refractivity contribution in [3.05, 3.63) is 29.8 Å². The lowest BCUT2D eigenvalue weighted by molar-refractivity contribution is -0.126. The van der Waals surface area contributed by atoms with E-state index < -0.39 is 5.91 Å². The highest BCUT2D eigenvalue weighted by atomic mass is 16.5. The minimum atomic E-state index is -0.598. The summed E-state index contributed by atoms with van der Waals surface area (Å²) in [6.07, 6.45) is 4.14. The molecular formula is C24H29N5O3. The monoisotopic (exact) mass is 435 g/mol. The number of carbonyl (C=O) groups excluding carboxylic acids is 2. The van der Waals surface area contributed by atoms with Gasteiger partial charge < -0.3 is 21.1 Å². The van der Waals surface area contributed by atoms with Gasteiger partial charge in [-0.25, -0.2) is 4.68 Å². The molecule has 2 aromatic rings. The van der Waals surface area contributed by atoms with Crippen LogP contribution < -0.4 is 16.2 Å². The van der Waals surface area contributed by atoms with E-state index in [0.29, 0.717) is 30.8 Å². The van der Waals surface area contributed by atoms with Gasteiger partial charge in [0, 0.05) is 18.7 Å². The van der Waals surface area contributed by atoms with Crippen molar-refractivity contribution in [2.45, 2.75) is 51.7 Å². The number of nitrogen functional groups attached to an aromatic ring is 1. The van der Waals surface area contributed by atoms with Crippen LogP contribution in [-0.2, 0) is 4.79 Å². The van der Waals surface area contributed by atoms with E-state index in [1.54, 1.807) is 16.5 Å². The molecule has 168 valence electrons. The van der Waals surface area contributed by atoms with Gasteiger partial charge in [0.2, 0.25) is 0 Å². The number of carbonyl (C=O) groups is 2. The molecule has 1 aromatic carbocycles. The van der Waals surface area contributed by atoms with E-state index in [2.05, 4.69) is 16.9 Å². The van der Waals surface area contributed by atoms with Crippen molar-refractivity contribution in [3.8, 4) is 28.8 Å². The molecule has 0 saturated heterocycles. The maximum atomic E-state index is 12.2. The Morgan fingerprint density at radius 2 is 1.94 bits per heavy atom. The third-order valence-electron chi connectivity index (χ3n) is 6.08. The van der Waals surface area contributed by atoms with Gasteiger partial charge in [-0.1, -0.05) is 5.92 Å². The van der Waals surface area contributed by atoms with Crippen molar-refractivity contribution in [3.63, 3.8) is 0 Å². The van der Waals surface area contributed by atoms with Crippen LogP contribution in [0.25, 0.3) is 11.3 Å². The second-order valence-corrected chi connectivity index (χ2v) is 8.47. The highest BCUT2D eigenvalue weighted by Crippen LogP contribution is 2.41. The molecule has 2 saturated carbocycles. The first-order valence-electron chi connectivity index (χ1n) is 11.1. The van der Waals surface area contributed by atoms with Crippen LogP contribution in [0.3, 0.4) is 0 Å². The number of benzene rings is 1. The van der Waals surface area contributed by atoms with Crippen LogP contribution in [0.4, 0.5) is 5.82 Å². The van der Waals surface area contributed by atoms with Crippen molar-refractivity contribution < 1.29 is 14.3 Å². The summed E-state index contributed by atoms with van der Waals surface area (Å²) >= 11 is 0. The summed E-state index contributed by atoms with van der Waals surface area (Å²) in [5.74, 6) is 5.94. The van der Waals surface area contributed by atoms with Crippen LogP contribution in [0.1, 0.15) is 55.9 Å². The molecule has 1 aromatic heterocycles.